The van der Waals surface area contributed by atoms with Gasteiger partial charge in [0, 0.05) is 26.2 Å². The number of hydrogen-bond acceptors (Lipinski definition) is 4. The number of hydrogen-bond donors (Lipinski definition) is 0. The van der Waals surface area contributed by atoms with Gasteiger partial charge in [0.05, 0.1) is 21.4 Å². The molecule has 2 aromatic rings. The van der Waals surface area contributed by atoms with Crippen molar-refractivity contribution in [1.29, 1.82) is 0 Å². The summed E-state index contributed by atoms with van der Waals surface area (Å²) in [6.45, 7) is 8.72. The zero-order valence-electron chi connectivity index (χ0n) is 16.3. The zero-order valence-corrected chi connectivity index (χ0v) is 17.9. The van der Waals surface area contributed by atoms with Crippen molar-refractivity contribution in [3.05, 3.63) is 38.6 Å². The molecule has 148 valence electrons. The maximum absolute atomic E-state index is 14.0. The molecule has 1 fully saturated rings. The van der Waals surface area contributed by atoms with E-state index in [1.165, 1.54) is 6.07 Å². The summed E-state index contributed by atoms with van der Waals surface area (Å²) < 4.78 is 16.0. The molecule has 2 heterocycles. The Morgan fingerprint density at radius 2 is 2.00 bits per heavy atom. The lowest BCUT2D eigenvalue weighted by Crippen LogP contribution is -2.37. The van der Waals surface area contributed by atoms with Crippen molar-refractivity contribution in [2.24, 2.45) is 0 Å². The average molecular weight is 439 g/mol. The van der Waals surface area contributed by atoms with Crippen molar-refractivity contribution in [2.45, 2.75) is 45.7 Å². The van der Waals surface area contributed by atoms with Gasteiger partial charge in [-0.1, -0.05) is 13.3 Å². The Morgan fingerprint density at radius 3 is 2.70 bits per heavy atom. The molecule has 27 heavy (non-hydrogen) atoms. The molecular weight excluding hydrogens is 411 g/mol. The second-order valence-corrected chi connectivity index (χ2v) is 8.15. The minimum absolute atomic E-state index is 0.0994. The summed E-state index contributed by atoms with van der Waals surface area (Å²) in [7, 11) is 2.15. The predicted octanol–water partition coefficient (Wildman–Crippen LogP) is 3.80. The normalized spacial score (nSPS) is 18.0. The maximum Gasteiger partial charge on any atom is 0.261 e. The first kappa shape index (κ1) is 20.4. The lowest BCUT2D eigenvalue weighted by molar-refractivity contribution is 0.180. The molecule has 1 aromatic heterocycles. The van der Waals surface area contributed by atoms with Crippen LogP contribution in [0, 0.1) is 5.82 Å². The highest BCUT2D eigenvalue weighted by atomic mass is 79.9. The molecule has 0 amide bonds. The Morgan fingerprint density at radius 1 is 1.22 bits per heavy atom. The van der Waals surface area contributed by atoms with Crippen LogP contribution in [0.3, 0.4) is 0 Å². The van der Waals surface area contributed by atoms with Gasteiger partial charge in [-0.3, -0.25) is 14.3 Å². The first-order valence-electron chi connectivity index (χ1n) is 9.78. The molecule has 0 N–H and O–H groups in total. The average Bonchev–Trinajstić information content (AvgIpc) is 2.86. The number of benzene rings is 1. The monoisotopic (exact) mass is 438 g/mol. The molecule has 0 radical (unpaired) electrons. The van der Waals surface area contributed by atoms with Crippen molar-refractivity contribution in [3.8, 4) is 0 Å². The van der Waals surface area contributed by atoms with E-state index in [9.17, 15) is 9.18 Å². The van der Waals surface area contributed by atoms with E-state index in [4.69, 9.17) is 4.98 Å². The van der Waals surface area contributed by atoms with Gasteiger partial charge >= 0.3 is 0 Å². The summed E-state index contributed by atoms with van der Waals surface area (Å²) in [5.41, 5.74) is 0.401. The fourth-order valence-corrected chi connectivity index (χ4v) is 4.25. The largest absolute Gasteiger partial charge is 0.305 e. The van der Waals surface area contributed by atoms with Crippen LogP contribution in [0.1, 0.15) is 45.0 Å². The fraction of sp³-hybridized carbons (Fsp3) is 0.600. The summed E-state index contributed by atoms with van der Waals surface area (Å²) in [6.07, 6.45) is 3.07. The number of likely N-dealkylation sites (N-methyl/N-ethyl adjacent to an activating group) is 1. The first-order valence-corrected chi connectivity index (χ1v) is 10.6. The molecule has 1 saturated heterocycles. The number of aromatic nitrogens is 2. The number of fused-ring (bicyclic) bond motifs is 1. The maximum atomic E-state index is 14.0. The second-order valence-electron chi connectivity index (χ2n) is 7.30. The number of nitrogens with zero attached hydrogens (tertiary/aromatic N) is 4. The summed E-state index contributed by atoms with van der Waals surface area (Å²) >= 11 is 3.22. The number of halogens is 2. The van der Waals surface area contributed by atoms with Gasteiger partial charge in [0.15, 0.2) is 0 Å². The van der Waals surface area contributed by atoms with Gasteiger partial charge in [-0.15, -0.1) is 0 Å². The van der Waals surface area contributed by atoms with Gasteiger partial charge in [-0.2, -0.15) is 0 Å². The van der Waals surface area contributed by atoms with Gasteiger partial charge in [0.2, 0.25) is 0 Å². The molecule has 0 aliphatic carbocycles. The van der Waals surface area contributed by atoms with Crippen LogP contribution in [0.25, 0.3) is 10.9 Å². The third kappa shape index (κ3) is 4.25. The van der Waals surface area contributed by atoms with E-state index < -0.39 is 5.82 Å². The molecule has 0 bridgehead atoms. The van der Waals surface area contributed by atoms with E-state index in [-0.39, 0.29) is 11.6 Å². The van der Waals surface area contributed by atoms with E-state index in [1.807, 2.05) is 6.92 Å². The highest BCUT2D eigenvalue weighted by Crippen LogP contribution is 2.27. The van der Waals surface area contributed by atoms with E-state index in [2.05, 4.69) is 39.7 Å². The Labute approximate surface area is 168 Å². The molecule has 0 spiro atoms. The second kappa shape index (κ2) is 8.80. The smallest absolute Gasteiger partial charge is 0.261 e. The molecule has 1 aliphatic rings. The van der Waals surface area contributed by atoms with Crippen LogP contribution in [-0.4, -0.2) is 52.6 Å². The van der Waals surface area contributed by atoms with Gasteiger partial charge in [0.1, 0.15) is 11.6 Å². The first-order chi connectivity index (χ1) is 13.0. The summed E-state index contributed by atoms with van der Waals surface area (Å²) in [5.74, 6) is 0.373. The van der Waals surface area contributed by atoms with Gasteiger partial charge in [-0.05, 0) is 61.4 Å². The van der Waals surface area contributed by atoms with E-state index in [0.717, 1.165) is 51.3 Å². The lowest BCUT2D eigenvalue weighted by Gasteiger charge is -2.31. The van der Waals surface area contributed by atoms with Crippen LogP contribution in [0.4, 0.5) is 4.39 Å². The topological polar surface area (TPSA) is 41.4 Å². The SMILES string of the molecule is CCCC(c1nc2cc(Br)c(F)cc2c(=O)n1CC)N1CCCN(C)CC1. The van der Waals surface area contributed by atoms with Crippen molar-refractivity contribution in [3.63, 3.8) is 0 Å². The molecule has 0 saturated carbocycles. The highest BCUT2D eigenvalue weighted by molar-refractivity contribution is 9.10. The Kier molecular flexibility index (Phi) is 6.65. The van der Waals surface area contributed by atoms with Gasteiger partial charge < -0.3 is 4.90 Å². The van der Waals surface area contributed by atoms with Crippen LogP contribution in [0.2, 0.25) is 0 Å². The standard InChI is InChI=1S/C20H28BrFN4O/c1-4-7-18(25-9-6-8-24(3)10-11-25)19-23-17-13-15(21)16(22)12-14(17)20(27)26(19)5-2/h12-13,18H,4-11H2,1-3H3. The van der Waals surface area contributed by atoms with Crippen LogP contribution in [-0.2, 0) is 6.54 Å². The quantitative estimate of drug-likeness (QED) is 0.711. The minimum Gasteiger partial charge on any atom is -0.305 e. The van der Waals surface area contributed by atoms with Crippen molar-refractivity contribution < 1.29 is 4.39 Å². The summed E-state index contributed by atoms with van der Waals surface area (Å²) in [5, 5.41) is 0.340. The lowest BCUT2D eigenvalue weighted by atomic mass is 10.1. The third-order valence-corrected chi connectivity index (χ3v) is 6.00. The molecule has 1 aliphatic heterocycles. The van der Waals surface area contributed by atoms with Gasteiger partial charge in [-0.25, -0.2) is 9.37 Å². The van der Waals surface area contributed by atoms with E-state index >= 15 is 0 Å². The van der Waals surface area contributed by atoms with Gasteiger partial charge in [0.25, 0.3) is 5.56 Å². The van der Waals surface area contributed by atoms with Crippen molar-refractivity contribution >= 4 is 26.8 Å². The molecule has 1 unspecified atom stereocenters. The van der Waals surface area contributed by atoms with Crippen LogP contribution in [0.5, 0.6) is 0 Å². The molecular formula is C20H28BrFN4O. The van der Waals surface area contributed by atoms with Crippen molar-refractivity contribution in [1.82, 2.24) is 19.4 Å². The summed E-state index contributed by atoms with van der Waals surface area (Å²) in [4.78, 5) is 22.7. The highest BCUT2D eigenvalue weighted by Gasteiger charge is 2.26. The van der Waals surface area contributed by atoms with Crippen LogP contribution in [0.15, 0.2) is 21.4 Å². The fourth-order valence-electron chi connectivity index (χ4n) is 3.92. The van der Waals surface area contributed by atoms with Crippen molar-refractivity contribution in [2.75, 3.05) is 33.2 Å². The predicted molar refractivity (Wildman–Crippen MR) is 111 cm³/mol. The summed E-state index contributed by atoms with van der Waals surface area (Å²) in [6, 6.07) is 3.01. The molecule has 7 heteroatoms. The molecule has 5 nitrogen and oxygen atoms in total. The molecule has 1 aromatic carbocycles. The zero-order chi connectivity index (χ0) is 19.6. The Balaban J connectivity index is 2.13. The van der Waals surface area contributed by atoms with Crippen LogP contribution < -0.4 is 5.56 Å². The number of rotatable bonds is 5. The van der Waals surface area contributed by atoms with E-state index in [1.54, 1.807) is 10.6 Å². The molecule has 1 atom stereocenters. The Hall–Kier alpha value is -1.31. The van der Waals surface area contributed by atoms with Crippen LogP contribution >= 0.6 is 15.9 Å². The Bertz CT molecular complexity index is 869. The minimum atomic E-state index is -0.433. The molecule has 3 rings (SSSR count). The van der Waals surface area contributed by atoms with E-state index in [0.29, 0.717) is 21.9 Å². The third-order valence-electron chi connectivity index (χ3n) is 5.40.